The Labute approximate surface area is 197 Å². The molecule has 0 saturated carbocycles. The molecule has 1 fully saturated rings. The van der Waals surface area contributed by atoms with Crippen LogP contribution in [0.15, 0.2) is 46.2 Å². The zero-order chi connectivity index (χ0) is 24.7. The second-order valence-corrected chi connectivity index (χ2v) is 8.26. The summed E-state index contributed by atoms with van der Waals surface area (Å²) in [4.78, 5) is 50.3. The zero-order valence-electron chi connectivity index (χ0n) is 19.1. The number of aromatic amines is 1. The van der Waals surface area contributed by atoms with Gasteiger partial charge in [-0.3, -0.25) is 19.5 Å². The third-order valence-corrected chi connectivity index (χ3v) is 6.30. The summed E-state index contributed by atoms with van der Waals surface area (Å²) in [7, 11) is 3.10. The number of methoxy groups -OCH3 is 2. The third-order valence-electron chi connectivity index (χ3n) is 6.30. The molecule has 0 aliphatic carbocycles. The van der Waals surface area contributed by atoms with Crippen molar-refractivity contribution in [2.24, 2.45) is 0 Å². The molecule has 0 spiro atoms. The second-order valence-electron chi connectivity index (χ2n) is 8.26. The molecule has 1 unspecified atom stereocenters. The molecule has 0 amide bonds. The lowest BCUT2D eigenvalue weighted by Gasteiger charge is -2.34. The SMILES string of the molecule is COc1cc2ncnc(N3CCCC(n4c(=O)[nH]c5ccc([N+](=O)[O-])cc5c4=O)C3)c2cc1OC. The van der Waals surface area contributed by atoms with Crippen molar-refractivity contribution in [2.75, 3.05) is 32.2 Å². The van der Waals surface area contributed by atoms with Gasteiger partial charge in [0.25, 0.3) is 11.2 Å². The maximum atomic E-state index is 13.3. The van der Waals surface area contributed by atoms with Crippen LogP contribution in [0.1, 0.15) is 18.9 Å². The Bertz CT molecular complexity index is 1580. The number of hydrogen-bond acceptors (Lipinski definition) is 9. The topological polar surface area (TPSA) is 145 Å². The van der Waals surface area contributed by atoms with Crippen molar-refractivity contribution in [3.05, 3.63) is 67.6 Å². The molecule has 1 atom stereocenters. The summed E-state index contributed by atoms with van der Waals surface area (Å²) < 4.78 is 12.0. The number of ether oxygens (including phenoxy) is 2. The van der Waals surface area contributed by atoms with Crippen LogP contribution < -0.4 is 25.6 Å². The van der Waals surface area contributed by atoms with Crippen LogP contribution >= 0.6 is 0 Å². The molecule has 1 saturated heterocycles. The molecule has 3 heterocycles. The largest absolute Gasteiger partial charge is 0.493 e. The van der Waals surface area contributed by atoms with Crippen molar-refractivity contribution in [1.29, 1.82) is 0 Å². The molecular formula is C23H22N6O6. The lowest BCUT2D eigenvalue weighted by molar-refractivity contribution is -0.384. The first kappa shape index (κ1) is 22.3. The first-order valence-electron chi connectivity index (χ1n) is 11.0. The number of nitro benzene ring substituents is 1. The van der Waals surface area contributed by atoms with Gasteiger partial charge in [0.1, 0.15) is 12.1 Å². The highest BCUT2D eigenvalue weighted by Crippen LogP contribution is 2.36. The third kappa shape index (κ3) is 3.82. The van der Waals surface area contributed by atoms with E-state index in [1.165, 1.54) is 24.5 Å². The number of benzene rings is 2. The summed E-state index contributed by atoms with van der Waals surface area (Å²) in [6, 6.07) is 6.96. The lowest BCUT2D eigenvalue weighted by atomic mass is 10.0. The van der Waals surface area contributed by atoms with Crippen molar-refractivity contribution in [3.8, 4) is 11.5 Å². The minimum atomic E-state index is -0.569. The fraction of sp³-hybridized carbons (Fsp3) is 0.304. The summed E-state index contributed by atoms with van der Waals surface area (Å²) in [5.41, 5.74) is -0.393. The Morgan fingerprint density at radius 1 is 1.09 bits per heavy atom. The summed E-state index contributed by atoms with van der Waals surface area (Å²) in [6.07, 6.45) is 2.77. The van der Waals surface area contributed by atoms with Crippen LogP contribution in [0.3, 0.4) is 0 Å². The van der Waals surface area contributed by atoms with E-state index >= 15 is 0 Å². The van der Waals surface area contributed by atoms with E-state index in [1.54, 1.807) is 26.4 Å². The quantitative estimate of drug-likeness (QED) is 0.337. The molecule has 1 N–H and O–H groups in total. The number of piperidine rings is 1. The summed E-state index contributed by atoms with van der Waals surface area (Å²) in [6.45, 7) is 1.02. The number of nitrogens with zero attached hydrogens (tertiary/aromatic N) is 5. The molecule has 12 nitrogen and oxygen atoms in total. The van der Waals surface area contributed by atoms with Gasteiger partial charge in [0, 0.05) is 36.7 Å². The smallest absolute Gasteiger partial charge is 0.329 e. The highest BCUT2D eigenvalue weighted by molar-refractivity contribution is 5.92. The molecule has 12 heteroatoms. The number of hydrogen-bond donors (Lipinski definition) is 1. The van der Waals surface area contributed by atoms with Gasteiger partial charge in [-0.25, -0.2) is 14.8 Å². The molecule has 2 aromatic heterocycles. The Hall–Kier alpha value is -4.48. The molecule has 0 radical (unpaired) electrons. The highest BCUT2D eigenvalue weighted by Gasteiger charge is 2.27. The fourth-order valence-electron chi connectivity index (χ4n) is 4.64. The molecule has 1 aliphatic heterocycles. The van der Waals surface area contributed by atoms with Gasteiger partial charge < -0.3 is 19.4 Å². The Morgan fingerprint density at radius 3 is 2.60 bits per heavy atom. The predicted molar refractivity (Wildman–Crippen MR) is 129 cm³/mol. The van der Waals surface area contributed by atoms with Crippen LogP contribution in [0.4, 0.5) is 11.5 Å². The average Bonchev–Trinajstić information content (AvgIpc) is 2.87. The summed E-state index contributed by atoms with van der Waals surface area (Å²) in [5.74, 6) is 1.74. The standard InChI is InChI=1S/C23H22N6O6/c1-34-19-9-15-18(10-20(19)35-2)24-12-25-21(15)27-7-3-4-14(11-27)28-22(30)16-8-13(29(32)33)5-6-17(16)26-23(28)31/h5-6,8-10,12,14H,3-4,7,11H2,1-2H3,(H,26,31). The van der Waals surface area contributed by atoms with Gasteiger partial charge >= 0.3 is 5.69 Å². The van der Waals surface area contributed by atoms with Crippen LogP contribution in [-0.4, -0.2) is 51.8 Å². The van der Waals surface area contributed by atoms with Crippen molar-refractivity contribution in [3.63, 3.8) is 0 Å². The van der Waals surface area contributed by atoms with Crippen molar-refractivity contribution in [2.45, 2.75) is 18.9 Å². The average molecular weight is 478 g/mol. The van der Waals surface area contributed by atoms with Gasteiger partial charge in [0.15, 0.2) is 11.5 Å². The van der Waals surface area contributed by atoms with Crippen molar-refractivity contribution >= 4 is 33.3 Å². The number of nitro groups is 1. The Morgan fingerprint density at radius 2 is 1.86 bits per heavy atom. The maximum absolute atomic E-state index is 13.3. The van der Waals surface area contributed by atoms with Crippen LogP contribution in [0.25, 0.3) is 21.8 Å². The first-order valence-corrected chi connectivity index (χ1v) is 11.0. The fourth-order valence-corrected chi connectivity index (χ4v) is 4.64. The molecule has 4 aromatic rings. The molecule has 180 valence electrons. The molecule has 2 aromatic carbocycles. The van der Waals surface area contributed by atoms with Crippen LogP contribution in [0, 0.1) is 10.1 Å². The summed E-state index contributed by atoms with van der Waals surface area (Å²) in [5, 5.41) is 12.0. The zero-order valence-corrected chi connectivity index (χ0v) is 19.1. The Balaban J connectivity index is 1.57. The number of anilines is 1. The van der Waals surface area contributed by atoms with Gasteiger partial charge in [-0.2, -0.15) is 0 Å². The van der Waals surface area contributed by atoms with E-state index < -0.39 is 22.2 Å². The van der Waals surface area contributed by atoms with E-state index in [0.29, 0.717) is 48.8 Å². The van der Waals surface area contributed by atoms with Gasteiger partial charge in [-0.05, 0) is 25.0 Å². The van der Waals surface area contributed by atoms with Gasteiger partial charge in [-0.15, -0.1) is 0 Å². The summed E-state index contributed by atoms with van der Waals surface area (Å²) >= 11 is 0. The van der Waals surface area contributed by atoms with Crippen LogP contribution in [0.5, 0.6) is 11.5 Å². The second kappa shape index (κ2) is 8.70. The van der Waals surface area contributed by atoms with E-state index in [1.807, 2.05) is 4.90 Å². The molecule has 1 aliphatic rings. The normalized spacial score (nSPS) is 15.9. The maximum Gasteiger partial charge on any atom is 0.329 e. The van der Waals surface area contributed by atoms with E-state index in [4.69, 9.17) is 9.47 Å². The van der Waals surface area contributed by atoms with E-state index in [2.05, 4.69) is 15.0 Å². The predicted octanol–water partition coefficient (Wildman–Crippen LogP) is 2.40. The molecule has 35 heavy (non-hydrogen) atoms. The molecule has 0 bridgehead atoms. The number of non-ortho nitro benzene ring substituents is 1. The number of aromatic nitrogens is 4. The number of rotatable bonds is 5. The van der Waals surface area contributed by atoms with Crippen LogP contribution in [0.2, 0.25) is 0 Å². The molecular weight excluding hydrogens is 456 g/mol. The molecule has 5 rings (SSSR count). The van der Waals surface area contributed by atoms with Crippen molar-refractivity contribution in [1.82, 2.24) is 19.5 Å². The highest BCUT2D eigenvalue weighted by atomic mass is 16.6. The number of H-pyrrole nitrogens is 1. The minimum absolute atomic E-state index is 0.0974. The van der Waals surface area contributed by atoms with Crippen molar-refractivity contribution < 1.29 is 14.4 Å². The monoisotopic (exact) mass is 478 g/mol. The van der Waals surface area contributed by atoms with Crippen LogP contribution in [-0.2, 0) is 0 Å². The first-order chi connectivity index (χ1) is 16.9. The van der Waals surface area contributed by atoms with E-state index in [-0.39, 0.29) is 16.6 Å². The lowest BCUT2D eigenvalue weighted by Crippen LogP contribution is -2.45. The van der Waals surface area contributed by atoms with E-state index in [0.717, 1.165) is 9.95 Å². The Kier molecular flexibility index (Phi) is 5.55. The van der Waals surface area contributed by atoms with Gasteiger partial charge in [0.05, 0.1) is 41.6 Å². The van der Waals surface area contributed by atoms with Gasteiger partial charge in [-0.1, -0.05) is 0 Å². The minimum Gasteiger partial charge on any atom is -0.493 e. The van der Waals surface area contributed by atoms with E-state index in [9.17, 15) is 19.7 Å². The van der Waals surface area contributed by atoms with Gasteiger partial charge in [0.2, 0.25) is 0 Å². The number of nitrogens with one attached hydrogen (secondary N) is 1. The number of fused-ring (bicyclic) bond motifs is 2.